The number of piperidine rings is 1. The Hall–Kier alpha value is -0.130. The number of likely N-dealkylation sites (tertiary alicyclic amines) is 1. The highest BCUT2D eigenvalue weighted by molar-refractivity contribution is 7.92. The third-order valence-electron chi connectivity index (χ3n) is 2.49. The average molecular weight is 206 g/mol. The number of nitrogens with zero attached hydrogens (tertiary/aromatic N) is 1. The van der Waals surface area contributed by atoms with Gasteiger partial charge in [-0.2, -0.15) is 0 Å². The highest BCUT2D eigenvalue weighted by atomic mass is 32.2. The Morgan fingerprint density at radius 2 is 2.23 bits per heavy atom. The van der Waals surface area contributed by atoms with E-state index in [9.17, 15) is 8.42 Å². The van der Waals surface area contributed by atoms with Crippen LogP contribution >= 0.6 is 0 Å². The van der Waals surface area contributed by atoms with Crippen molar-refractivity contribution >= 4 is 9.84 Å². The topological polar surface area (TPSA) is 63.4 Å². The molecule has 1 atom stereocenters. The van der Waals surface area contributed by atoms with Crippen LogP contribution in [0.5, 0.6) is 0 Å². The molecule has 5 heteroatoms. The van der Waals surface area contributed by atoms with E-state index in [1.807, 2.05) is 7.05 Å². The maximum absolute atomic E-state index is 11.6. The first-order valence-electron chi connectivity index (χ1n) is 4.66. The summed E-state index contributed by atoms with van der Waals surface area (Å²) in [5.41, 5.74) is 5.26. The van der Waals surface area contributed by atoms with Crippen LogP contribution in [0.25, 0.3) is 0 Å². The lowest BCUT2D eigenvalue weighted by atomic mass is 10.1. The van der Waals surface area contributed by atoms with E-state index >= 15 is 0 Å². The zero-order valence-corrected chi connectivity index (χ0v) is 8.89. The van der Waals surface area contributed by atoms with Crippen molar-refractivity contribution in [1.82, 2.24) is 4.90 Å². The van der Waals surface area contributed by atoms with Crippen molar-refractivity contribution in [1.29, 1.82) is 0 Å². The molecule has 1 aliphatic rings. The average Bonchev–Trinajstić information content (AvgIpc) is 2.04. The molecule has 0 aromatic heterocycles. The molecule has 1 unspecified atom stereocenters. The second-order valence-electron chi connectivity index (χ2n) is 3.68. The van der Waals surface area contributed by atoms with Crippen LogP contribution < -0.4 is 5.73 Å². The summed E-state index contributed by atoms with van der Waals surface area (Å²) in [6, 6.07) is 0. The fourth-order valence-electron chi connectivity index (χ4n) is 1.74. The Bertz CT molecular complexity index is 251. The SMILES string of the molecule is CN1CCCC(S(=O)(=O)CCN)C1. The van der Waals surface area contributed by atoms with Gasteiger partial charge in [-0.15, -0.1) is 0 Å². The normalized spacial score (nSPS) is 26.2. The molecule has 0 aromatic carbocycles. The van der Waals surface area contributed by atoms with Gasteiger partial charge in [0, 0.05) is 13.1 Å². The fourth-order valence-corrected chi connectivity index (χ4v) is 3.41. The Labute approximate surface area is 80.0 Å². The molecule has 1 saturated heterocycles. The van der Waals surface area contributed by atoms with Crippen molar-refractivity contribution in [3.8, 4) is 0 Å². The van der Waals surface area contributed by atoms with Crippen LogP contribution in [0.15, 0.2) is 0 Å². The summed E-state index contributed by atoms with van der Waals surface area (Å²) >= 11 is 0. The molecular weight excluding hydrogens is 188 g/mol. The van der Waals surface area contributed by atoms with Crippen LogP contribution in [0.1, 0.15) is 12.8 Å². The van der Waals surface area contributed by atoms with Gasteiger partial charge >= 0.3 is 0 Å². The Balaban J connectivity index is 2.60. The molecule has 2 N–H and O–H groups in total. The lowest BCUT2D eigenvalue weighted by Gasteiger charge is -2.29. The van der Waals surface area contributed by atoms with Gasteiger partial charge in [0.15, 0.2) is 9.84 Å². The molecular formula is C8H18N2O2S. The summed E-state index contributed by atoms with van der Waals surface area (Å²) < 4.78 is 23.2. The summed E-state index contributed by atoms with van der Waals surface area (Å²) in [6.07, 6.45) is 1.78. The summed E-state index contributed by atoms with van der Waals surface area (Å²) in [4.78, 5) is 2.07. The lowest BCUT2D eigenvalue weighted by Crippen LogP contribution is -2.41. The van der Waals surface area contributed by atoms with Crippen molar-refractivity contribution in [2.24, 2.45) is 5.73 Å². The van der Waals surface area contributed by atoms with Gasteiger partial charge in [-0.05, 0) is 26.4 Å². The molecule has 0 radical (unpaired) electrons. The smallest absolute Gasteiger partial charge is 0.155 e. The van der Waals surface area contributed by atoms with Gasteiger partial charge < -0.3 is 10.6 Å². The van der Waals surface area contributed by atoms with Gasteiger partial charge in [0.05, 0.1) is 11.0 Å². The van der Waals surface area contributed by atoms with Crippen LogP contribution in [-0.2, 0) is 9.84 Å². The first-order valence-corrected chi connectivity index (χ1v) is 6.38. The van der Waals surface area contributed by atoms with Gasteiger partial charge in [0.1, 0.15) is 0 Å². The second-order valence-corrected chi connectivity index (χ2v) is 6.08. The van der Waals surface area contributed by atoms with E-state index in [0.29, 0.717) is 6.54 Å². The largest absolute Gasteiger partial charge is 0.329 e. The van der Waals surface area contributed by atoms with E-state index < -0.39 is 9.84 Å². The third-order valence-corrected chi connectivity index (χ3v) is 4.70. The molecule has 4 nitrogen and oxygen atoms in total. The van der Waals surface area contributed by atoms with E-state index in [1.165, 1.54) is 0 Å². The van der Waals surface area contributed by atoms with Crippen LogP contribution in [0.4, 0.5) is 0 Å². The maximum atomic E-state index is 11.6. The van der Waals surface area contributed by atoms with Gasteiger partial charge in [0.25, 0.3) is 0 Å². The number of rotatable bonds is 3. The van der Waals surface area contributed by atoms with Crippen molar-refractivity contribution in [3.05, 3.63) is 0 Å². The van der Waals surface area contributed by atoms with Gasteiger partial charge in [-0.3, -0.25) is 0 Å². The summed E-state index contributed by atoms with van der Waals surface area (Å²) in [7, 11) is -0.971. The molecule has 0 saturated carbocycles. The Kier molecular flexibility index (Phi) is 3.70. The first kappa shape index (κ1) is 10.9. The van der Waals surface area contributed by atoms with E-state index in [0.717, 1.165) is 19.4 Å². The van der Waals surface area contributed by atoms with Crippen LogP contribution in [0.2, 0.25) is 0 Å². The van der Waals surface area contributed by atoms with Crippen LogP contribution in [0, 0.1) is 0 Å². The number of hydrogen-bond acceptors (Lipinski definition) is 4. The molecule has 1 rings (SSSR count). The van der Waals surface area contributed by atoms with Crippen LogP contribution in [0.3, 0.4) is 0 Å². The van der Waals surface area contributed by atoms with Crippen molar-refractivity contribution in [3.63, 3.8) is 0 Å². The zero-order valence-electron chi connectivity index (χ0n) is 8.07. The molecule has 0 spiro atoms. The maximum Gasteiger partial charge on any atom is 0.155 e. The first-order chi connectivity index (χ1) is 6.06. The van der Waals surface area contributed by atoms with Crippen molar-refractivity contribution < 1.29 is 8.42 Å². The predicted octanol–water partition coefficient (Wildman–Crippen LogP) is -0.546. The fraction of sp³-hybridized carbons (Fsp3) is 1.00. The minimum Gasteiger partial charge on any atom is -0.329 e. The molecule has 0 amide bonds. The standard InChI is InChI=1S/C8H18N2O2S/c1-10-5-2-3-8(7-10)13(11,12)6-4-9/h8H,2-7,9H2,1H3. The Morgan fingerprint density at radius 1 is 1.54 bits per heavy atom. The van der Waals surface area contributed by atoms with Gasteiger partial charge in [-0.1, -0.05) is 0 Å². The summed E-state index contributed by atoms with van der Waals surface area (Å²) in [5, 5.41) is -0.185. The quantitative estimate of drug-likeness (QED) is 0.673. The number of sulfone groups is 1. The minimum absolute atomic E-state index is 0.130. The molecule has 0 aromatic rings. The van der Waals surface area contributed by atoms with Crippen LogP contribution in [-0.4, -0.2) is 51.0 Å². The number of hydrogen-bond donors (Lipinski definition) is 1. The van der Waals surface area contributed by atoms with Crippen molar-refractivity contribution in [2.75, 3.05) is 32.4 Å². The molecule has 0 bridgehead atoms. The third kappa shape index (κ3) is 2.93. The van der Waals surface area contributed by atoms with E-state index in [1.54, 1.807) is 0 Å². The molecule has 78 valence electrons. The molecule has 13 heavy (non-hydrogen) atoms. The summed E-state index contributed by atoms with van der Waals surface area (Å²) in [6.45, 7) is 1.92. The molecule has 1 aliphatic heterocycles. The Morgan fingerprint density at radius 3 is 2.77 bits per heavy atom. The molecule has 0 aliphatic carbocycles. The summed E-state index contributed by atoms with van der Waals surface area (Å²) in [5.74, 6) is 0.130. The minimum atomic E-state index is -2.93. The zero-order chi connectivity index (χ0) is 9.90. The van der Waals surface area contributed by atoms with Gasteiger partial charge in [0.2, 0.25) is 0 Å². The highest BCUT2D eigenvalue weighted by Crippen LogP contribution is 2.16. The second kappa shape index (κ2) is 4.39. The van der Waals surface area contributed by atoms with E-state index in [2.05, 4.69) is 4.90 Å². The molecule has 1 fully saturated rings. The van der Waals surface area contributed by atoms with E-state index in [-0.39, 0.29) is 17.5 Å². The van der Waals surface area contributed by atoms with E-state index in [4.69, 9.17) is 5.73 Å². The molecule has 1 heterocycles. The lowest BCUT2D eigenvalue weighted by molar-refractivity contribution is 0.278. The monoisotopic (exact) mass is 206 g/mol. The van der Waals surface area contributed by atoms with Crippen molar-refractivity contribution in [2.45, 2.75) is 18.1 Å². The highest BCUT2D eigenvalue weighted by Gasteiger charge is 2.28. The van der Waals surface area contributed by atoms with Gasteiger partial charge in [-0.25, -0.2) is 8.42 Å². The number of nitrogens with two attached hydrogens (primary N) is 1. The predicted molar refractivity (Wildman–Crippen MR) is 53.4 cm³/mol.